The highest BCUT2D eigenvalue weighted by molar-refractivity contribution is 5.92. The number of aromatic carboxylic acids is 1. The van der Waals surface area contributed by atoms with Crippen molar-refractivity contribution in [3.05, 3.63) is 54.2 Å². The van der Waals surface area contributed by atoms with Gasteiger partial charge in [0.15, 0.2) is 0 Å². The van der Waals surface area contributed by atoms with Crippen molar-refractivity contribution in [1.82, 2.24) is 4.98 Å². The van der Waals surface area contributed by atoms with Crippen LogP contribution >= 0.6 is 0 Å². The summed E-state index contributed by atoms with van der Waals surface area (Å²) in [5, 5.41) is 25.2. The molecule has 1 aromatic heterocycles. The number of rotatable bonds is 3. The Kier molecular flexibility index (Phi) is 5.57. The zero-order valence-electron chi connectivity index (χ0n) is 10.6. The molecule has 108 valence electrons. The van der Waals surface area contributed by atoms with Crippen LogP contribution in [0.5, 0.6) is 0 Å². The van der Waals surface area contributed by atoms with Crippen LogP contribution in [0.3, 0.4) is 0 Å². The number of carboxylic acids is 3. The van der Waals surface area contributed by atoms with Gasteiger partial charge in [-0.3, -0.25) is 4.98 Å². The van der Waals surface area contributed by atoms with E-state index in [0.29, 0.717) is 12.2 Å². The van der Waals surface area contributed by atoms with E-state index in [1.165, 1.54) is 6.20 Å². The summed E-state index contributed by atoms with van der Waals surface area (Å²) in [7, 11) is 0. The number of hydrogen-bond donors (Lipinski definition) is 3. The third kappa shape index (κ3) is 5.52. The van der Waals surface area contributed by atoms with Crippen molar-refractivity contribution in [3.63, 3.8) is 0 Å². The van der Waals surface area contributed by atoms with Gasteiger partial charge in [0.25, 0.3) is 0 Å². The Bertz CT molecular complexity index is 691. The highest BCUT2D eigenvalue weighted by atomic mass is 16.4. The molecule has 1 heterocycles. The number of aromatic nitrogens is 1. The molecular weight excluding hydrogens is 278 g/mol. The van der Waals surface area contributed by atoms with Crippen LogP contribution in [0, 0.1) is 0 Å². The third-order valence-corrected chi connectivity index (χ3v) is 2.21. The van der Waals surface area contributed by atoms with Crippen molar-refractivity contribution in [2.45, 2.75) is 0 Å². The fourth-order valence-corrected chi connectivity index (χ4v) is 1.33. The molecule has 2 rings (SSSR count). The first kappa shape index (κ1) is 15.8. The zero-order chi connectivity index (χ0) is 15.8. The minimum Gasteiger partial charge on any atom is -0.478 e. The second-order valence-electron chi connectivity index (χ2n) is 3.73. The first-order valence-corrected chi connectivity index (χ1v) is 5.62. The molecule has 0 spiro atoms. The Hall–Kier alpha value is -3.22. The van der Waals surface area contributed by atoms with Gasteiger partial charge in [0.1, 0.15) is 0 Å². The van der Waals surface area contributed by atoms with E-state index < -0.39 is 17.9 Å². The third-order valence-electron chi connectivity index (χ3n) is 2.21. The van der Waals surface area contributed by atoms with E-state index in [9.17, 15) is 14.4 Å². The summed E-state index contributed by atoms with van der Waals surface area (Å²) < 4.78 is 0. The number of carbonyl (C=O) groups is 3. The molecule has 3 N–H and O–H groups in total. The number of nitrogens with zero attached hydrogens (tertiary/aromatic N) is 1. The summed E-state index contributed by atoms with van der Waals surface area (Å²) in [5.74, 6) is -3.46. The number of aliphatic carboxylic acids is 2. The van der Waals surface area contributed by atoms with Gasteiger partial charge >= 0.3 is 17.9 Å². The van der Waals surface area contributed by atoms with Crippen molar-refractivity contribution in [1.29, 1.82) is 0 Å². The topological polar surface area (TPSA) is 125 Å². The smallest absolute Gasteiger partial charge is 0.337 e. The summed E-state index contributed by atoms with van der Waals surface area (Å²) in [4.78, 5) is 33.7. The normalized spacial score (nSPS) is 9.90. The van der Waals surface area contributed by atoms with Gasteiger partial charge in [-0.05, 0) is 12.1 Å². The average Bonchev–Trinajstić information content (AvgIpc) is 2.45. The molecular formula is C14H11NO6. The Balaban J connectivity index is 0.000000240. The highest BCUT2D eigenvalue weighted by Gasteiger charge is 2.03. The van der Waals surface area contributed by atoms with Gasteiger partial charge in [0.05, 0.1) is 11.1 Å². The minimum absolute atomic E-state index is 0.221. The van der Waals surface area contributed by atoms with E-state index in [1.54, 1.807) is 6.07 Å². The fraction of sp³-hybridized carbons (Fsp3) is 0. The Labute approximate surface area is 118 Å². The Morgan fingerprint density at radius 1 is 0.952 bits per heavy atom. The Morgan fingerprint density at radius 3 is 2.05 bits per heavy atom. The number of benzene rings is 1. The molecule has 0 atom stereocenters. The first-order valence-electron chi connectivity index (χ1n) is 5.62. The van der Waals surface area contributed by atoms with Crippen LogP contribution in [0.15, 0.2) is 48.7 Å². The molecule has 1 aromatic carbocycles. The SMILES string of the molecule is O=C(O)/C=C/C(=O)O.O=C(O)c1cnc2ccccc2c1. The van der Waals surface area contributed by atoms with Crippen molar-refractivity contribution < 1.29 is 29.7 Å². The van der Waals surface area contributed by atoms with Crippen LogP contribution in [0.25, 0.3) is 10.9 Å². The van der Waals surface area contributed by atoms with E-state index in [2.05, 4.69) is 4.98 Å². The molecule has 0 bridgehead atoms. The summed E-state index contributed by atoms with van der Waals surface area (Å²) in [6, 6.07) is 9.03. The van der Waals surface area contributed by atoms with E-state index >= 15 is 0 Å². The predicted molar refractivity (Wildman–Crippen MR) is 73.1 cm³/mol. The summed E-state index contributed by atoms with van der Waals surface area (Å²) in [6.07, 6.45) is 2.48. The summed E-state index contributed by atoms with van der Waals surface area (Å²) in [6.45, 7) is 0. The van der Waals surface area contributed by atoms with E-state index in [4.69, 9.17) is 15.3 Å². The molecule has 7 heteroatoms. The van der Waals surface area contributed by atoms with Crippen molar-refractivity contribution in [2.75, 3.05) is 0 Å². The molecule has 7 nitrogen and oxygen atoms in total. The average molecular weight is 289 g/mol. The maximum atomic E-state index is 10.6. The quantitative estimate of drug-likeness (QED) is 0.733. The van der Waals surface area contributed by atoms with Gasteiger partial charge in [-0.15, -0.1) is 0 Å². The predicted octanol–water partition coefficient (Wildman–Crippen LogP) is 1.64. The van der Waals surface area contributed by atoms with Crippen molar-refractivity contribution >= 4 is 28.8 Å². The maximum Gasteiger partial charge on any atom is 0.337 e. The largest absolute Gasteiger partial charge is 0.478 e. The molecule has 0 aliphatic rings. The monoisotopic (exact) mass is 289 g/mol. The lowest BCUT2D eigenvalue weighted by Crippen LogP contribution is -1.96. The van der Waals surface area contributed by atoms with Gasteiger partial charge in [0, 0.05) is 23.7 Å². The zero-order valence-corrected chi connectivity index (χ0v) is 10.6. The number of hydrogen-bond acceptors (Lipinski definition) is 4. The van der Waals surface area contributed by atoms with E-state index in [1.807, 2.05) is 24.3 Å². The standard InChI is InChI=1S/C10H7NO2.C4H4O4/c12-10(13)8-5-7-3-1-2-4-9(7)11-6-8;5-3(6)1-2-4(7)8/h1-6H,(H,12,13);1-2H,(H,5,6)(H,7,8)/b;2-1+. The molecule has 0 aliphatic heterocycles. The molecule has 0 aliphatic carbocycles. The number of carboxylic acid groups (broad SMARTS) is 3. The van der Waals surface area contributed by atoms with Gasteiger partial charge in [0.2, 0.25) is 0 Å². The molecule has 0 radical (unpaired) electrons. The lowest BCUT2D eigenvalue weighted by Gasteiger charge is -1.97. The molecule has 2 aromatic rings. The lowest BCUT2D eigenvalue weighted by atomic mass is 10.2. The minimum atomic E-state index is -1.26. The van der Waals surface area contributed by atoms with Gasteiger partial charge in [-0.25, -0.2) is 14.4 Å². The first-order chi connectivity index (χ1) is 9.90. The second-order valence-corrected chi connectivity index (χ2v) is 3.73. The van der Waals surface area contributed by atoms with Gasteiger partial charge in [-0.2, -0.15) is 0 Å². The Morgan fingerprint density at radius 2 is 1.52 bits per heavy atom. The van der Waals surface area contributed by atoms with Gasteiger partial charge < -0.3 is 15.3 Å². The lowest BCUT2D eigenvalue weighted by molar-refractivity contribution is -0.134. The molecule has 0 saturated carbocycles. The van der Waals surface area contributed by atoms with Crippen LogP contribution in [-0.4, -0.2) is 38.2 Å². The number of fused-ring (bicyclic) bond motifs is 1. The van der Waals surface area contributed by atoms with Crippen LogP contribution < -0.4 is 0 Å². The highest BCUT2D eigenvalue weighted by Crippen LogP contribution is 2.12. The van der Waals surface area contributed by atoms with E-state index in [0.717, 1.165) is 10.9 Å². The van der Waals surface area contributed by atoms with Crippen molar-refractivity contribution in [3.8, 4) is 0 Å². The molecule has 0 fully saturated rings. The van der Waals surface area contributed by atoms with E-state index in [-0.39, 0.29) is 5.56 Å². The molecule has 0 amide bonds. The van der Waals surface area contributed by atoms with Gasteiger partial charge in [-0.1, -0.05) is 18.2 Å². The van der Waals surface area contributed by atoms with Crippen LogP contribution in [0.1, 0.15) is 10.4 Å². The summed E-state index contributed by atoms with van der Waals surface area (Å²) in [5.41, 5.74) is 1.03. The van der Waals surface area contributed by atoms with Crippen LogP contribution in [0.2, 0.25) is 0 Å². The fourth-order valence-electron chi connectivity index (χ4n) is 1.33. The molecule has 0 saturated heterocycles. The maximum absolute atomic E-state index is 10.6. The number of pyridine rings is 1. The van der Waals surface area contributed by atoms with Crippen LogP contribution in [-0.2, 0) is 9.59 Å². The van der Waals surface area contributed by atoms with Crippen molar-refractivity contribution in [2.24, 2.45) is 0 Å². The molecule has 0 unspecified atom stereocenters. The summed E-state index contributed by atoms with van der Waals surface area (Å²) >= 11 is 0. The second kappa shape index (κ2) is 7.39. The van der Waals surface area contributed by atoms with Crippen LogP contribution in [0.4, 0.5) is 0 Å². The number of para-hydroxylation sites is 1. The molecule has 21 heavy (non-hydrogen) atoms.